The topological polar surface area (TPSA) is 38.7 Å². The van der Waals surface area contributed by atoms with Crippen molar-refractivity contribution in [1.82, 2.24) is 0 Å². The van der Waals surface area contributed by atoms with Crippen molar-refractivity contribution in [3.8, 4) is 11.5 Å². The van der Waals surface area contributed by atoms with Gasteiger partial charge in [0.2, 0.25) is 0 Å². The van der Waals surface area contributed by atoms with Crippen LogP contribution < -0.4 is 9.47 Å². The summed E-state index contributed by atoms with van der Waals surface area (Å²) in [6.45, 7) is 4.04. The van der Waals surface area contributed by atoms with Crippen molar-refractivity contribution in [2.24, 2.45) is 5.92 Å². The lowest BCUT2D eigenvalue weighted by Gasteiger charge is -2.24. The van der Waals surface area contributed by atoms with Gasteiger partial charge in [-0.1, -0.05) is 11.6 Å². The summed E-state index contributed by atoms with van der Waals surface area (Å²) in [5.74, 6) is 1.80. The number of methoxy groups -OCH3 is 1. The van der Waals surface area contributed by atoms with E-state index in [0.717, 1.165) is 0 Å². The highest BCUT2D eigenvalue weighted by Gasteiger charge is 2.29. The van der Waals surface area contributed by atoms with E-state index in [1.165, 1.54) is 12.8 Å². The summed E-state index contributed by atoms with van der Waals surface area (Å²) < 4.78 is 11.1. The summed E-state index contributed by atoms with van der Waals surface area (Å²) >= 11 is 6.18. The van der Waals surface area contributed by atoms with E-state index in [-0.39, 0.29) is 0 Å². The summed E-state index contributed by atoms with van der Waals surface area (Å²) in [6.07, 6.45) is 2.42. The molecule has 1 aromatic rings. The molecular formula is C14H19ClO3. The molecule has 0 atom stereocenters. The first-order valence-electron chi connectivity index (χ1n) is 6.15. The number of hydrogen-bond acceptors (Lipinski definition) is 3. The van der Waals surface area contributed by atoms with Gasteiger partial charge in [0.25, 0.3) is 0 Å². The molecule has 1 aromatic carbocycles. The zero-order valence-electron chi connectivity index (χ0n) is 11.0. The minimum atomic E-state index is -1.06. The molecule has 0 radical (unpaired) electrons. The Hall–Kier alpha value is -0.930. The Morgan fingerprint density at radius 2 is 2.06 bits per heavy atom. The molecule has 0 aliphatic heterocycles. The summed E-state index contributed by atoms with van der Waals surface area (Å²) in [4.78, 5) is 0. The van der Waals surface area contributed by atoms with E-state index in [1.54, 1.807) is 33.1 Å². The van der Waals surface area contributed by atoms with Crippen molar-refractivity contribution in [3.05, 3.63) is 22.7 Å². The average Bonchev–Trinajstić information content (AvgIpc) is 3.08. The van der Waals surface area contributed by atoms with E-state index < -0.39 is 5.60 Å². The fourth-order valence-corrected chi connectivity index (χ4v) is 2.28. The maximum atomic E-state index is 10.2. The molecule has 0 heterocycles. The van der Waals surface area contributed by atoms with Gasteiger partial charge in [-0.2, -0.15) is 0 Å². The second-order valence-corrected chi connectivity index (χ2v) is 5.67. The van der Waals surface area contributed by atoms with Gasteiger partial charge in [-0.05, 0) is 44.7 Å². The molecule has 1 aliphatic rings. The van der Waals surface area contributed by atoms with Crippen LogP contribution in [0.15, 0.2) is 12.1 Å². The van der Waals surface area contributed by atoms with Gasteiger partial charge < -0.3 is 14.6 Å². The van der Waals surface area contributed by atoms with Crippen LogP contribution in [-0.2, 0) is 5.60 Å². The van der Waals surface area contributed by atoms with Crippen LogP contribution in [0, 0.1) is 5.92 Å². The van der Waals surface area contributed by atoms with Gasteiger partial charge in [0.05, 0.1) is 24.3 Å². The van der Waals surface area contributed by atoms with Crippen LogP contribution in [0.1, 0.15) is 32.3 Å². The third-order valence-corrected chi connectivity index (χ3v) is 3.38. The normalized spacial score (nSPS) is 15.6. The van der Waals surface area contributed by atoms with Crippen molar-refractivity contribution >= 4 is 11.6 Å². The molecule has 4 heteroatoms. The molecule has 3 nitrogen and oxygen atoms in total. The Balaban J connectivity index is 2.39. The SMILES string of the molecule is COc1ccc(Cl)c(C(C)(C)O)c1OCC1CC1. The third kappa shape index (κ3) is 2.90. The number of ether oxygens (including phenoxy) is 2. The predicted octanol–water partition coefficient (Wildman–Crippen LogP) is 3.36. The van der Waals surface area contributed by atoms with Crippen LogP contribution in [0.25, 0.3) is 0 Å². The van der Waals surface area contributed by atoms with Gasteiger partial charge in [0.1, 0.15) is 0 Å². The van der Waals surface area contributed by atoms with Gasteiger partial charge in [0.15, 0.2) is 11.5 Å². The highest BCUT2D eigenvalue weighted by atomic mass is 35.5. The molecule has 0 spiro atoms. The Morgan fingerprint density at radius 3 is 2.56 bits per heavy atom. The molecule has 1 N–H and O–H groups in total. The minimum Gasteiger partial charge on any atom is -0.493 e. The predicted molar refractivity (Wildman–Crippen MR) is 71.5 cm³/mol. The molecule has 1 fully saturated rings. The maximum Gasteiger partial charge on any atom is 0.168 e. The number of rotatable bonds is 5. The Labute approximate surface area is 113 Å². The van der Waals surface area contributed by atoms with E-state index >= 15 is 0 Å². The molecule has 0 aromatic heterocycles. The summed E-state index contributed by atoms with van der Waals surface area (Å²) in [5.41, 5.74) is -0.478. The van der Waals surface area contributed by atoms with Crippen molar-refractivity contribution < 1.29 is 14.6 Å². The zero-order valence-corrected chi connectivity index (χ0v) is 11.8. The van der Waals surface area contributed by atoms with E-state index in [2.05, 4.69) is 0 Å². The van der Waals surface area contributed by atoms with Crippen LogP contribution >= 0.6 is 11.6 Å². The second kappa shape index (κ2) is 4.98. The smallest absolute Gasteiger partial charge is 0.168 e. The van der Waals surface area contributed by atoms with Crippen molar-refractivity contribution in [2.75, 3.05) is 13.7 Å². The van der Waals surface area contributed by atoms with Crippen LogP contribution in [0.4, 0.5) is 0 Å². The standard InChI is InChI=1S/C14H19ClO3/c1-14(2,16)12-10(15)6-7-11(17-3)13(12)18-8-9-4-5-9/h6-7,9,16H,4-5,8H2,1-3H3. The van der Waals surface area contributed by atoms with Gasteiger partial charge in [-0.25, -0.2) is 0 Å². The van der Waals surface area contributed by atoms with Crippen molar-refractivity contribution in [1.29, 1.82) is 0 Å². The maximum absolute atomic E-state index is 10.2. The third-order valence-electron chi connectivity index (χ3n) is 3.06. The molecule has 1 aliphatic carbocycles. The number of aliphatic hydroxyl groups is 1. The lowest BCUT2D eigenvalue weighted by molar-refractivity contribution is 0.0740. The molecular weight excluding hydrogens is 252 g/mol. The molecule has 18 heavy (non-hydrogen) atoms. The first-order chi connectivity index (χ1) is 8.43. The fourth-order valence-electron chi connectivity index (χ4n) is 1.90. The Morgan fingerprint density at radius 1 is 1.39 bits per heavy atom. The lowest BCUT2D eigenvalue weighted by atomic mass is 9.96. The van der Waals surface area contributed by atoms with E-state index in [9.17, 15) is 5.11 Å². The number of hydrogen-bond donors (Lipinski definition) is 1. The summed E-state index contributed by atoms with van der Waals surface area (Å²) in [5, 5.41) is 10.7. The number of benzene rings is 1. The summed E-state index contributed by atoms with van der Waals surface area (Å²) in [6, 6.07) is 3.48. The van der Waals surface area contributed by atoms with Crippen molar-refractivity contribution in [3.63, 3.8) is 0 Å². The molecule has 0 bridgehead atoms. The fraction of sp³-hybridized carbons (Fsp3) is 0.571. The monoisotopic (exact) mass is 270 g/mol. The number of halogens is 1. The van der Waals surface area contributed by atoms with E-state index in [0.29, 0.717) is 34.6 Å². The lowest BCUT2D eigenvalue weighted by Crippen LogP contribution is -2.19. The van der Waals surface area contributed by atoms with E-state index in [1.807, 2.05) is 0 Å². The second-order valence-electron chi connectivity index (χ2n) is 5.27. The van der Waals surface area contributed by atoms with Crippen LogP contribution in [-0.4, -0.2) is 18.8 Å². The average molecular weight is 271 g/mol. The highest BCUT2D eigenvalue weighted by molar-refractivity contribution is 6.31. The molecule has 1 saturated carbocycles. The minimum absolute atomic E-state index is 0.495. The highest BCUT2D eigenvalue weighted by Crippen LogP contribution is 2.43. The Kier molecular flexibility index (Phi) is 3.74. The quantitative estimate of drug-likeness (QED) is 0.892. The zero-order chi connectivity index (χ0) is 13.3. The van der Waals surface area contributed by atoms with Gasteiger partial charge in [-0.15, -0.1) is 0 Å². The molecule has 0 unspecified atom stereocenters. The van der Waals surface area contributed by atoms with Crippen LogP contribution in [0.5, 0.6) is 11.5 Å². The van der Waals surface area contributed by atoms with E-state index in [4.69, 9.17) is 21.1 Å². The van der Waals surface area contributed by atoms with Crippen LogP contribution in [0.3, 0.4) is 0 Å². The molecule has 0 amide bonds. The van der Waals surface area contributed by atoms with Gasteiger partial charge >= 0.3 is 0 Å². The molecule has 2 rings (SSSR count). The first-order valence-corrected chi connectivity index (χ1v) is 6.53. The van der Waals surface area contributed by atoms with Gasteiger partial charge in [0, 0.05) is 5.56 Å². The van der Waals surface area contributed by atoms with Crippen molar-refractivity contribution in [2.45, 2.75) is 32.3 Å². The first kappa shape index (κ1) is 13.5. The molecule has 0 saturated heterocycles. The Bertz CT molecular complexity index is 433. The van der Waals surface area contributed by atoms with Crippen LogP contribution in [0.2, 0.25) is 5.02 Å². The largest absolute Gasteiger partial charge is 0.493 e. The summed E-state index contributed by atoms with van der Waals surface area (Å²) in [7, 11) is 1.58. The van der Waals surface area contributed by atoms with Gasteiger partial charge in [-0.3, -0.25) is 0 Å². The molecule has 100 valence electrons.